The SMILES string of the molecule is FC(F)(F)Oc1ccc(C2Cc3cccc(Cl)c3N2)cc1. The summed E-state index contributed by atoms with van der Waals surface area (Å²) in [5, 5.41) is 3.94. The number of fused-ring (bicyclic) bond motifs is 1. The first-order valence-electron chi connectivity index (χ1n) is 6.32. The maximum Gasteiger partial charge on any atom is 0.573 e. The summed E-state index contributed by atoms with van der Waals surface area (Å²) in [4.78, 5) is 0. The van der Waals surface area contributed by atoms with Crippen molar-refractivity contribution in [2.75, 3.05) is 5.32 Å². The van der Waals surface area contributed by atoms with Crippen LogP contribution < -0.4 is 10.1 Å². The van der Waals surface area contributed by atoms with Gasteiger partial charge in [0.1, 0.15) is 5.75 Å². The lowest BCUT2D eigenvalue weighted by atomic mass is 10.0. The molecule has 0 saturated carbocycles. The summed E-state index contributed by atoms with van der Waals surface area (Å²) in [5.41, 5.74) is 2.87. The van der Waals surface area contributed by atoms with E-state index in [0.717, 1.165) is 23.2 Å². The number of benzene rings is 2. The van der Waals surface area contributed by atoms with E-state index in [0.29, 0.717) is 5.02 Å². The third kappa shape index (κ3) is 3.08. The van der Waals surface area contributed by atoms with Crippen molar-refractivity contribution in [2.45, 2.75) is 18.8 Å². The Morgan fingerprint density at radius 1 is 1.10 bits per heavy atom. The molecule has 0 bridgehead atoms. The minimum atomic E-state index is -4.67. The van der Waals surface area contributed by atoms with E-state index in [9.17, 15) is 13.2 Å². The lowest BCUT2D eigenvalue weighted by molar-refractivity contribution is -0.274. The van der Waals surface area contributed by atoms with Gasteiger partial charge in [-0.15, -0.1) is 13.2 Å². The second-order valence-corrected chi connectivity index (χ2v) is 5.20. The molecule has 2 aromatic carbocycles. The minimum absolute atomic E-state index is 0.000151. The Labute approximate surface area is 124 Å². The van der Waals surface area contributed by atoms with E-state index in [-0.39, 0.29) is 11.8 Å². The molecule has 1 heterocycles. The second-order valence-electron chi connectivity index (χ2n) is 4.79. The van der Waals surface area contributed by atoms with Gasteiger partial charge >= 0.3 is 6.36 Å². The molecule has 0 aliphatic carbocycles. The molecule has 3 rings (SSSR count). The highest BCUT2D eigenvalue weighted by atomic mass is 35.5. The normalized spacial score (nSPS) is 17.2. The molecular weight excluding hydrogens is 303 g/mol. The lowest BCUT2D eigenvalue weighted by Gasteiger charge is -2.13. The molecule has 2 nitrogen and oxygen atoms in total. The van der Waals surface area contributed by atoms with Gasteiger partial charge in [-0.25, -0.2) is 0 Å². The quantitative estimate of drug-likeness (QED) is 0.847. The average molecular weight is 314 g/mol. The number of halogens is 4. The van der Waals surface area contributed by atoms with Crippen LogP contribution in [0.25, 0.3) is 0 Å². The van der Waals surface area contributed by atoms with Crippen LogP contribution >= 0.6 is 11.6 Å². The zero-order chi connectivity index (χ0) is 15.0. The third-order valence-electron chi connectivity index (χ3n) is 3.36. The Balaban J connectivity index is 1.76. The Morgan fingerprint density at radius 2 is 1.81 bits per heavy atom. The van der Waals surface area contributed by atoms with Gasteiger partial charge in [0, 0.05) is 0 Å². The molecule has 1 aliphatic rings. The number of hydrogen-bond acceptors (Lipinski definition) is 2. The number of anilines is 1. The fourth-order valence-electron chi connectivity index (χ4n) is 2.45. The van der Waals surface area contributed by atoms with E-state index >= 15 is 0 Å². The highest BCUT2D eigenvalue weighted by Crippen LogP contribution is 2.39. The van der Waals surface area contributed by atoms with Crippen molar-refractivity contribution >= 4 is 17.3 Å². The summed E-state index contributed by atoms with van der Waals surface area (Å²) in [5.74, 6) is -0.222. The number of rotatable bonds is 2. The average Bonchev–Trinajstić information content (AvgIpc) is 2.83. The molecule has 21 heavy (non-hydrogen) atoms. The van der Waals surface area contributed by atoms with Gasteiger partial charge in [-0.2, -0.15) is 0 Å². The van der Waals surface area contributed by atoms with E-state index in [4.69, 9.17) is 11.6 Å². The van der Waals surface area contributed by atoms with Gasteiger partial charge < -0.3 is 10.1 Å². The van der Waals surface area contributed by atoms with Crippen LogP contribution in [0.15, 0.2) is 42.5 Å². The van der Waals surface area contributed by atoms with Crippen LogP contribution in [0.4, 0.5) is 18.9 Å². The zero-order valence-corrected chi connectivity index (χ0v) is 11.5. The Bertz CT molecular complexity index is 655. The van der Waals surface area contributed by atoms with Crippen LogP contribution in [0, 0.1) is 0 Å². The number of nitrogens with one attached hydrogen (secondary N) is 1. The first kappa shape index (κ1) is 14.1. The second kappa shape index (κ2) is 5.15. The number of ether oxygens (including phenoxy) is 1. The molecule has 1 N–H and O–H groups in total. The maximum absolute atomic E-state index is 12.1. The number of hydrogen-bond donors (Lipinski definition) is 1. The first-order valence-corrected chi connectivity index (χ1v) is 6.70. The van der Waals surface area contributed by atoms with Gasteiger partial charge in [-0.05, 0) is 35.7 Å². The summed E-state index contributed by atoms with van der Waals surface area (Å²) in [6.45, 7) is 0. The molecular formula is C15H11ClF3NO. The molecule has 2 aromatic rings. The van der Waals surface area contributed by atoms with Crippen molar-refractivity contribution in [3.05, 3.63) is 58.6 Å². The predicted octanol–water partition coefficient (Wildman–Crippen LogP) is 4.95. The van der Waals surface area contributed by atoms with Crippen LogP contribution in [-0.4, -0.2) is 6.36 Å². The van der Waals surface area contributed by atoms with Crippen molar-refractivity contribution in [3.63, 3.8) is 0 Å². The first-order chi connectivity index (χ1) is 9.92. The van der Waals surface area contributed by atoms with Crippen LogP contribution in [0.2, 0.25) is 5.02 Å². The van der Waals surface area contributed by atoms with E-state index in [2.05, 4.69) is 10.1 Å². The van der Waals surface area contributed by atoms with Crippen molar-refractivity contribution in [3.8, 4) is 5.75 Å². The monoisotopic (exact) mass is 313 g/mol. The molecule has 110 valence electrons. The summed E-state index contributed by atoms with van der Waals surface area (Å²) in [6, 6.07) is 11.5. The smallest absolute Gasteiger partial charge is 0.406 e. The van der Waals surface area contributed by atoms with Crippen molar-refractivity contribution in [1.29, 1.82) is 0 Å². The molecule has 6 heteroatoms. The molecule has 1 unspecified atom stereocenters. The molecule has 0 amide bonds. The van der Waals surface area contributed by atoms with Crippen LogP contribution in [0.5, 0.6) is 5.75 Å². The van der Waals surface area contributed by atoms with Gasteiger partial charge in [0.05, 0.1) is 16.8 Å². The Morgan fingerprint density at radius 3 is 2.43 bits per heavy atom. The Hall–Kier alpha value is -1.88. The third-order valence-corrected chi connectivity index (χ3v) is 3.67. The van der Waals surface area contributed by atoms with Crippen molar-refractivity contribution in [2.24, 2.45) is 0 Å². The largest absolute Gasteiger partial charge is 0.573 e. The topological polar surface area (TPSA) is 21.3 Å². The van der Waals surface area contributed by atoms with Gasteiger partial charge in [0.15, 0.2) is 0 Å². The van der Waals surface area contributed by atoms with Gasteiger partial charge in [-0.1, -0.05) is 35.9 Å². The molecule has 0 aromatic heterocycles. The molecule has 1 aliphatic heterocycles. The highest BCUT2D eigenvalue weighted by Gasteiger charge is 2.31. The van der Waals surface area contributed by atoms with Crippen LogP contribution in [-0.2, 0) is 6.42 Å². The highest BCUT2D eigenvalue weighted by molar-refractivity contribution is 6.33. The molecule has 0 fully saturated rings. The summed E-state index contributed by atoms with van der Waals surface area (Å²) < 4.78 is 40.2. The number of para-hydroxylation sites is 1. The molecule has 0 radical (unpaired) electrons. The van der Waals surface area contributed by atoms with E-state index in [1.165, 1.54) is 12.1 Å². The van der Waals surface area contributed by atoms with Crippen LogP contribution in [0.1, 0.15) is 17.2 Å². The fourth-order valence-corrected chi connectivity index (χ4v) is 2.70. The zero-order valence-electron chi connectivity index (χ0n) is 10.7. The van der Waals surface area contributed by atoms with Gasteiger partial charge in [0.2, 0.25) is 0 Å². The van der Waals surface area contributed by atoms with E-state index in [1.54, 1.807) is 18.2 Å². The maximum atomic E-state index is 12.1. The number of alkyl halides is 3. The molecule has 1 atom stereocenters. The van der Waals surface area contributed by atoms with Crippen molar-refractivity contribution in [1.82, 2.24) is 0 Å². The van der Waals surface area contributed by atoms with E-state index < -0.39 is 6.36 Å². The summed E-state index contributed by atoms with van der Waals surface area (Å²) in [7, 11) is 0. The van der Waals surface area contributed by atoms with E-state index in [1.807, 2.05) is 12.1 Å². The van der Waals surface area contributed by atoms with Gasteiger partial charge in [-0.3, -0.25) is 0 Å². The fraction of sp³-hybridized carbons (Fsp3) is 0.200. The standard InChI is InChI=1S/C15H11ClF3NO/c16-12-3-1-2-10-8-13(20-14(10)12)9-4-6-11(7-5-9)21-15(17,18)19/h1-7,13,20H,8H2. The summed E-state index contributed by atoms with van der Waals surface area (Å²) in [6.07, 6.45) is -3.92. The molecule has 0 spiro atoms. The minimum Gasteiger partial charge on any atom is -0.406 e. The molecule has 0 saturated heterocycles. The predicted molar refractivity (Wildman–Crippen MR) is 74.6 cm³/mol. The van der Waals surface area contributed by atoms with Gasteiger partial charge in [0.25, 0.3) is 0 Å². The lowest BCUT2D eigenvalue weighted by Crippen LogP contribution is -2.17. The Kier molecular flexibility index (Phi) is 3.45. The summed E-state index contributed by atoms with van der Waals surface area (Å²) >= 11 is 6.11. The van der Waals surface area contributed by atoms with Crippen molar-refractivity contribution < 1.29 is 17.9 Å². The van der Waals surface area contributed by atoms with Crippen LogP contribution in [0.3, 0.4) is 0 Å².